The van der Waals surface area contributed by atoms with Crippen LogP contribution in [0, 0.1) is 0 Å². The van der Waals surface area contributed by atoms with Crippen molar-refractivity contribution < 1.29 is 18.0 Å². The van der Waals surface area contributed by atoms with Crippen molar-refractivity contribution in [3.05, 3.63) is 54.1 Å². The highest BCUT2D eigenvalue weighted by atomic mass is 32.2. The summed E-state index contributed by atoms with van der Waals surface area (Å²) in [7, 11) is -3.55. The first-order chi connectivity index (χ1) is 13.9. The van der Waals surface area contributed by atoms with Gasteiger partial charge in [-0.1, -0.05) is 18.2 Å². The number of thioether (sulfide) groups is 1. The number of hydrogen-bond donors (Lipinski definition) is 1. The quantitative estimate of drug-likeness (QED) is 0.806. The summed E-state index contributed by atoms with van der Waals surface area (Å²) in [5.74, 6) is -0.241. The third-order valence-electron chi connectivity index (χ3n) is 5.06. The first kappa shape index (κ1) is 19.9. The maximum Gasteiger partial charge on any atom is 0.254 e. The van der Waals surface area contributed by atoms with Crippen LogP contribution in [0.25, 0.3) is 0 Å². The molecule has 9 heteroatoms. The Hall–Kier alpha value is -2.36. The Bertz CT molecular complexity index is 1050. The first-order valence-corrected chi connectivity index (χ1v) is 11.6. The lowest BCUT2D eigenvalue weighted by molar-refractivity contribution is -0.115. The Balaban J connectivity index is 1.45. The van der Waals surface area contributed by atoms with Crippen LogP contribution in [0.4, 0.5) is 5.69 Å². The molecule has 1 saturated heterocycles. The number of benzene rings is 2. The predicted molar refractivity (Wildman–Crippen MR) is 111 cm³/mol. The number of carbonyl (C=O) groups excluding carboxylic acids is 2. The van der Waals surface area contributed by atoms with Gasteiger partial charge < -0.3 is 10.2 Å². The Morgan fingerprint density at radius 1 is 1.07 bits per heavy atom. The lowest BCUT2D eigenvalue weighted by atomic mass is 10.1. The second-order valence-corrected chi connectivity index (χ2v) is 10.3. The summed E-state index contributed by atoms with van der Waals surface area (Å²) >= 11 is 1.47. The lowest BCUT2D eigenvalue weighted by Crippen LogP contribution is -2.50. The molecule has 2 aliphatic heterocycles. The van der Waals surface area contributed by atoms with Crippen LogP contribution in [0.15, 0.2) is 58.3 Å². The van der Waals surface area contributed by atoms with E-state index < -0.39 is 10.0 Å². The van der Waals surface area contributed by atoms with E-state index in [0.29, 0.717) is 24.3 Å². The number of piperazine rings is 1. The fourth-order valence-corrected chi connectivity index (χ4v) is 5.77. The van der Waals surface area contributed by atoms with Gasteiger partial charge in [0.2, 0.25) is 15.9 Å². The van der Waals surface area contributed by atoms with Gasteiger partial charge in [-0.2, -0.15) is 4.31 Å². The number of sulfonamides is 1. The monoisotopic (exact) mass is 431 g/mol. The van der Waals surface area contributed by atoms with Crippen LogP contribution in [0.5, 0.6) is 0 Å². The fourth-order valence-electron chi connectivity index (χ4n) is 3.40. The molecular formula is C20H21N3O4S2. The van der Waals surface area contributed by atoms with Gasteiger partial charge in [-0.15, -0.1) is 11.8 Å². The maximum absolute atomic E-state index is 12.9. The van der Waals surface area contributed by atoms with Crippen LogP contribution in [-0.2, 0) is 14.8 Å². The summed E-state index contributed by atoms with van der Waals surface area (Å²) < 4.78 is 26.9. The zero-order valence-electron chi connectivity index (χ0n) is 15.9. The Morgan fingerprint density at radius 2 is 1.76 bits per heavy atom. The molecule has 1 N–H and O–H groups in total. The van der Waals surface area contributed by atoms with Gasteiger partial charge in [0.1, 0.15) is 0 Å². The molecule has 0 unspecified atom stereocenters. The highest BCUT2D eigenvalue weighted by Gasteiger charge is 2.31. The number of nitrogens with one attached hydrogen (secondary N) is 1. The largest absolute Gasteiger partial charge is 0.336 e. The molecule has 4 rings (SSSR count). The van der Waals surface area contributed by atoms with E-state index in [0.717, 1.165) is 4.90 Å². The lowest BCUT2D eigenvalue weighted by Gasteiger charge is -2.34. The molecule has 2 amide bonds. The number of fused-ring (bicyclic) bond motifs is 1. The zero-order chi connectivity index (χ0) is 20.6. The Labute approximate surface area is 174 Å². The minimum absolute atomic E-state index is 0.0770. The van der Waals surface area contributed by atoms with Gasteiger partial charge in [-0.25, -0.2) is 8.42 Å². The molecule has 0 saturated carbocycles. The molecule has 0 spiro atoms. The molecule has 29 heavy (non-hydrogen) atoms. The van der Waals surface area contributed by atoms with Crippen molar-refractivity contribution in [1.82, 2.24) is 9.21 Å². The van der Waals surface area contributed by atoms with Crippen molar-refractivity contribution in [2.24, 2.45) is 0 Å². The van der Waals surface area contributed by atoms with Gasteiger partial charge in [0, 0.05) is 36.6 Å². The van der Waals surface area contributed by atoms with Crippen LogP contribution in [0.1, 0.15) is 17.3 Å². The second-order valence-electron chi connectivity index (χ2n) is 6.97. The van der Waals surface area contributed by atoms with Gasteiger partial charge in [-0.3, -0.25) is 9.59 Å². The molecule has 1 fully saturated rings. The second kappa shape index (κ2) is 7.81. The Kier molecular flexibility index (Phi) is 5.37. The summed E-state index contributed by atoms with van der Waals surface area (Å²) in [6.45, 7) is 2.97. The minimum atomic E-state index is -3.55. The number of anilines is 1. The molecule has 0 bridgehead atoms. The molecule has 2 heterocycles. The number of hydrogen-bond acceptors (Lipinski definition) is 5. The topological polar surface area (TPSA) is 86.8 Å². The summed E-state index contributed by atoms with van der Waals surface area (Å²) in [4.78, 5) is 27.6. The standard InChI is InChI=1S/C20H21N3O4S2/c1-14-19(24)21-17-13-15(7-8-18(17)28-14)20(25)22-9-11-23(12-10-22)29(26,27)16-5-3-2-4-6-16/h2-8,13-14H,9-12H2,1H3,(H,21,24)/t14-/m1/s1. The highest BCUT2D eigenvalue weighted by molar-refractivity contribution is 8.01. The zero-order valence-corrected chi connectivity index (χ0v) is 17.5. The van der Waals surface area contributed by atoms with Gasteiger partial charge in [0.15, 0.2) is 0 Å². The van der Waals surface area contributed by atoms with Crippen LogP contribution in [0.2, 0.25) is 0 Å². The average Bonchev–Trinajstić information content (AvgIpc) is 2.74. The van der Waals surface area contributed by atoms with E-state index in [1.54, 1.807) is 47.4 Å². The van der Waals surface area contributed by atoms with Crippen molar-refractivity contribution in [2.45, 2.75) is 22.0 Å². The molecule has 0 radical (unpaired) electrons. The van der Waals surface area contributed by atoms with Crippen molar-refractivity contribution in [3.63, 3.8) is 0 Å². The molecule has 2 aromatic carbocycles. The van der Waals surface area contributed by atoms with Gasteiger partial charge in [0.05, 0.1) is 15.8 Å². The summed E-state index contributed by atoms with van der Waals surface area (Å²) in [5, 5.41) is 2.67. The smallest absolute Gasteiger partial charge is 0.254 e. The molecule has 7 nitrogen and oxygen atoms in total. The van der Waals surface area contributed by atoms with Crippen molar-refractivity contribution in [2.75, 3.05) is 31.5 Å². The van der Waals surface area contributed by atoms with Crippen molar-refractivity contribution in [3.8, 4) is 0 Å². The molecular weight excluding hydrogens is 410 g/mol. The van der Waals surface area contributed by atoms with E-state index in [9.17, 15) is 18.0 Å². The van der Waals surface area contributed by atoms with Crippen LogP contribution in [-0.4, -0.2) is 60.9 Å². The molecule has 2 aromatic rings. The number of amides is 2. The number of nitrogens with zero attached hydrogens (tertiary/aromatic N) is 2. The Morgan fingerprint density at radius 3 is 2.45 bits per heavy atom. The molecule has 152 valence electrons. The molecule has 1 atom stereocenters. The van der Waals surface area contributed by atoms with E-state index in [2.05, 4.69) is 5.32 Å². The predicted octanol–water partition coefficient (Wildman–Crippen LogP) is 2.27. The number of carbonyl (C=O) groups is 2. The summed E-state index contributed by atoms with van der Waals surface area (Å²) in [6, 6.07) is 13.6. The molecule has 0 aromatic heterocycles. The van der Waals surface area contributed by atoms with Gasteiger partial charge in [0.25, 0.3) is 5.91 Å². The minimum Gasteiger partial charge on any atom is -0.336 e. The van der Waals surface area contributed by atoms with Gasteiger partial charge >= 0.3 is 0 Å². The average molecular weight is 432 g/mol. The van der Waals surface area contributed by atoms with E-state index >= 15 is 0 Å². The first-order valence-electron chi connectivity index (χ1n) is 9.32. The van der Waals surface area contributed by atoms with Crippen LogP contribution in [0.3, 0.4) is 0 Å². The van der Waals surface area contributed by atoms with Gasteiger partial charge in [-0.05, 0) is 37.3 Å². The third kappa shape index (κ3) is 3.90. The molecule has 0 aliphatic carbocycles. The molecule has 2 aliphatic rings. The number of rotatable bonds is 3. The van der Waals surface area contributed by atoms with E-state index in [-0.39, 0.29) is 35.0 Å². The van der Waals surface area contributed by atoms with E-state index in [1.165, 1.54) is 16.1 Å². The summed E-state index contributed by atoms with van der Waals surface area (Å²) in [6.07, 6.45) is 0. The van der Waals surface area contributed by atoms with Crippen molar-refractivity contribution in [1.29, 1.82) is 0 Å². The maximum atomic E-state index is 12.9. The van der Waals surface area contributed by atoms with E-state index in [1.807, 2.05) is 13.0 Å². The third-order valence-corrected chi connectivity index (χ3v) is 8.15. The fraction of sp³-hybridized carbons (Fsp3) is 0.300. The SMILES string of the molecule is C[C@H]1Sc2ccc(C(=O)N3CCN(S(=O)(=O)c4ccccc4)CC3)cc2NC1=O. The highest BCUT2D eigenvalue weighted by Crippen LogP contribution is 2.36. The van der Waals surface area contributed by atoms with Crippen LogP contribution < -0.4 is 5.32 Å². The van der Waals surface area contributed by atoms with Crippen molar-refractivity contribution >= 4 is 39.3 Å². The summed E-state index contributed by atoms with van der Waals surface area (Å²) in [5.41, 5.74) is 1.13. The normalized spacial score (nSPS) is 20.1. The van der Waals surface area contributed by atoms with E-state index in [4.69, 9.17) is 0 Å². The van der Waals surface area contributed by atoms with Crippen LogP contribution >= 0.6 is 11.8 Å².